The Hall–Kier alpha value is -1.64. The first-order valence-corrected chi connectivity index (χ1v) is 3.94. The minimum Gasteiger partial charge on any atom is -0.431 e. The zero-order chi connectivity index (χ0) is 9.68. The van der Waals surface area contributed by atoms with Crippen molar-refractivity contribution >= 4 is 5.97 Å². The molecule has 0 saturated carbocycles. The van der Waals surface area contributed by atoms with Gasteiger partial charge < -0.3 is 4.74 Å². The van der Waals surface area contributed by atoms with Crippen molar-refractivity contribution in [2.24, 2.45) is 0 Å². The third-order valence-corrected chi connectivity index (χ3v) is 1.30. The first kappa shape index (κ1) is 9.45. The van der Waals surface area contributed by atoms with Crippen molar-refractivity contribution in [2.45, 2.75) is 13.8 Å². The summed E-state index contributed by atoms with van der Waals surface area (Å²) in [5.41, 5.74) is 1.40. The van der Waals surface area contributed by atoms with E-state index >= 15 is 0 Å². The van der Waals surface area contributed by atoms with E-state index in [1.165, 1.54) is 12.5 Å². The average Bonchev–Trinajstić information content (AvgIpc) is 2.15. The molecule has 0 aliphatic rings. The lowest BCUT2D eigenvalue weighted by Gasteiger charge is -1.98. The van der Waals surface area contributed by atoms with Crippen LogP contribution in [-0.2, 0) is 4.74 Å². The second kappa shape index (κ2) is 4.40. The van der Waals surface area contributed by atoms with Gasteiger partial charge in [-0.2, -0.15) is 0 Å². The van der Waals surface area contributed by atoms with Gasteiger partial charge in [-0.1, -0.05) is 0 Å². The highest BCUT2D eigenvalue weighted by molar-refractivity contribution is 5.89. The Morgan fingerprint density at radius 3 is 2.85 bits per heavy atom. The molecular formula is C10H11NO2. The number of hydrogen-bond acceptors (Lipinski definition) is 3. The van der Waals surface area contributed by atoms with Crippen LogP contribution in [-0.4, -0.2) is 11.0 Å². The van der Waals surface area contributed by atoms with Crippen molar-refractivity contribution in [1.82, 2.24) is 4.98 Å². The van der Waals surface area contributed by atoms with Gasteiger partial charge in [-0.3, -0.25) is 4.98 Å². The first-order chi connectivity index (χ1) is 6.20. The molecule has 0 aromatic carbocycles. The normalized spacial score (nSPS) is 9.08. The minimum atomic E-state index is -0.380. The smallest absolute Gasteiger partial charge is 0.344 e. The van der Waals surface area contributed by atoms with Crippen LogP contribution in [0.25, 0.3) is 0 Å². The lowest BCUT2D eigenvalue weighted by molar-refractivity contribution is 0.0660. The molecule has 0 spiro atoms. The molecule has 0 fully saturated rings. The van der Waals surface area contributed by atoms with E-state index in [1.807, 2.05) is 13.8 Å². The Kier molecular flexibility index (Phi) is 3.20. The molecule has 0 unspecified atom stereocenters. The van der Waals surface area contributed by atoms with Crippen molar-refractivity contribution in [3.05, 3.63) is 41.9 Å². The van der Waals surface area contributed by atoms with Gasteiger partial charge in [-0.05, 0) is 31.6 Å². The maximum atomic E-state index is 11.2. The molecule has 0 amide bonds. The monoisotopic (exact) mass is 177 g/mol. The molecule has 13 heavy (non-hydrogen) atoms. The Balaban J connectivity index is 2.65. The van der Waals surface area contributed by atoms with E-state index in [9.17, 15) is 4.79 Å². The topological polar surface area (TPSA) is 39.2 Å². The number of rotatable bonds is 2. The highest BCUT2D eigenvalue weighted by Crippen LogP contribution is 2.00. The van der Waals surface area contributed by atoms with E-state index in [-0.39, 0.29) is 5.97 Å². The first-order valence-electron chi connectivity index (χ1n) is 3.94. The molecule has 3 nitrogen and oxygen atoms in total. The van der Waals surface area contributed by atoms with E-state index in [2.05, 4.69) is 4.98 Å². The fourth-order valence-electron chi connectivity index (χ4n) is 0.723. The summed E-state index contributed by atoms with van der Waals surface area (Å²) in [6, 6.07) is 3.35. The molecule has 0 aliphatic heterocycles. The number of esters is 1. The Morgan fingerprint density at radius 2 is 2.31 bits per heavy atom. The van der Waals surface area contributed by atoms with Crippen LogP contribution in [0.15, 0.2) is 36.4 Å². The molecule has 1 aromatic heterocycles. The summed E-state index contributed by atoms with van der Waals surface area (Å²) in [5.74, 6) is -0.380. The van der Waals surface area contributed by atoms with Gasteiger partial charge in [-0.15, -0.1) is 0 Å². The zero-order valence-corrected chi connectivity index (χ0v) is 7.65. The van der Waals surface area contributed by atoms with Gasteiger partial charge in [0.25, 0.3) is 0 Å². The Morgan fingerprint density at radius 1 is 1.54 bits per heavy atom. The number of allylic oxidation sites excluding steroid dienone is 1. The van der Waals surface area contributed by atoms with Gasteiger partial charge >= 0.3 is 5.97 Å². The molecule has 0 saturated heterocycles. The number of aromatic nitrogens is 1. The summed E-state index contributed by atoms with van der Waals surface area (Å²) in [6.45, 7) is 3.72. The summed E-state index contributed by atoms with van der Waals surface area (Å²) in [7, 11) is 0. The maximum Gasteiger partial charge on any atom is 0.344 e. The van der Waals surface area contributed by atoms with E-state index in [4.69, 9.17) is 4.74 Å². The average molecular weight is 177 g/mol. The van der Waals surface area contributed by atoms with E-state index in [0.717, 1.165) is 5.57 Å². The van der Waals surface area contributed by atoms with Crippen LogP contribution in [0, 0.1) is 0 Å². The fraction of sp³-hybridized carbons (Fsp3) is 0.200. The molecule has 0 N–H and O–H groups in total. The summed E-state index contributed by atoms with van der Waals surface area (Å²) < 4.78 is 4.85. The van der Waals surface area contributed by atoms with Crippen molar-refractivity contribution < 1.29 is 9.53 Å². The third-order valence-electron chi connectivity index (χ3n) is 1.30. The number of carbonyl (C=O) groups is 1. The number of hydrogen-bond donors (Lipinski definition) is 0. The molecule has 3 heteroatoms. The predicted molar refractivity (Wildman–Crippen MR) is 49.1 cm³/mol. The third kappa shape index (κ3) is 3.07. The fourth-order valence-corrected chi connectivity index (χ4v) is 0.723. The molecule has 68 valence electrons. The molecule has 0 aliphatic carbocycles. The number of carbonyl (C=O) groups excluding carboxylic acids is 1. The second-order valence-corrected chi connectivity index (χ2v) is 2.84. The van der Waals surface area contributed by atoms with Crippen molar-refractivity contribution in [1.29, 1.82) is 0 Å². The molecular weight excluding hydrogens is 166 g/mol. The quantitative estimate of drug-likeness (QED) is 0.513. The molecule has 0 radical (unpaired) electrons. The number of ether oxygens (including phenoxy) is 1. The van der Waals surface area contributed by atoms with Gasteiger partial charge in [0.15, 0.2) is 0 Å². The Bertz CT molecular complexity index is 313. The van der Waals surface area contributed by atoms with E-state index in [0.29, 0.717) is 5.56 Å². The van der Waals surface area contributed by atoms with Crippen molar-refractivity contribution in [3.8, 4) is 0 Å². The largest absolute Gasteiger partial charge is 0.431 e. The van der Waals surface area contributed by atoms with Gasteiger partial charge in [0.05, 0.1) is 11.8 Å². The Labute approximate surface area is 77.1 Å². The van der Waals surface area contributed by atoms with Gasteiger partial charge in [0.2, 0.25) is 0 Å². The van der Waals surface area contributed by atoms with Gasteiger partial charge in [0, 0.05) is 12.4 Å². The predicted octanol–water partition coefficient (Wildman–Crippen LogP) is 2.16. The van der Waals surface area contributed by atoms with Crippen LogP contribution < -0.4 is 0 Å². The van der Waals surface area contributed by atoms with Crippen LogP contribution >= 0.6 is 0 Å². The molecule has 1 heterocycles. The number of pyridine rings is 1. The summed E-state index contributed by atoms with van der Waals surface area (Å²) in [5, 5.41) is 0. The minimum absolute atomic E-state index is 0.380. The lowest BCUT2D eigenvalue weighted by atomic mass is 10.3. The van der Waals surface area contributed by atoms with Crippen molar-refractivity contribution in [2.75, 3.05) is 0 Å². The number of nitrogens with zero attached hydrogens (tertiary/aromatic N) is 1. The van der Waals surface area contributed by atoms with Crippen molar-refractivity contribution in [3.63, 3.8) is 0 Å². The SMILES string of the molecule is CC(C)=COC(=O)c1cccnc1. The van der Waals surface area contributed by atoms with Crippen LogP contribution in [0.4, 0.5) is 0 Å². The molecule has 1 aromatic rings. The highest BCUT2D eigenvalue weighted by Gasteiger charge is 2.03. The molecule has 1 rings (SSSR count). The van der Waals surface area contributed by atoms with Crippen LogP contribution in [0.3, 0.4) is 0 Å². The summed E-state index contributed by atoms with van der Waals surface area (Å²) in [4.78, 5) is 15.1. The van der Waals surface area contributed by atoms with Crippen LogP contribution in [0.2, 0.25) is 0 Å². The summed E-state index contributed by atoms with van der Waals surface area (Å²) in [6.07, 6.45) is 4.51. The lowest BCUT2D eigenvalue weighted by Crippen LogP contribution is -2.00. The molecule has 0 bridgehead atoms. The van der Waals surface area contributed by atoms with Crippen LogP contribution in [0.5, 0.6) is 0 Å². The van der Waals surface area contributed by atoms with Crippen LogP contribution in [0.1, 0.15) is 24.2 Å². The van der Waals surface area contributed by atoms with E-state index < -0.39 is 0 Å². The van der Waals surface area contributed by atoms with Gasteiger partial charge in [0.1, 0.15) is 0 Å². The standard InChI is InChI=1S/C10H11NO2/c1-8(2)7-13-10(12)9-4-3-5-11-6-9/h3-7H,1-2H3. The van der Waals surface area contributed by atoms with Gasteiger partial charge in [-0.25, -0.2) is 4.79 Å². The summed E-state index contributed by atoms with van der Waals surface area (Å²) >= 11 is 0. The van der Waals surface area contributed by atoms with E-state index in [1.54, 1.807) is 18.3 Å². The maximum absolute atomic E-state index is 11.2. The zero-order valence-electron chi connectivity index (χ0n) is 7.65. The molecule has 0 atom stereocenters. The second-order valence-electron chi connectivity index (χ2n) is 2.84. The highest BCUT2D eigenvalue weighted by atomic mass is 16.5.